The first-order valence-electron chi connectivity index (χ1n) is 9.69. The molecule has 1 spiro atoms. The van der Waals surface area contributed by atoms with E-state index in [0.717, 1.165) is 10.4 Å². The Bertz CT molecular complexity index is 1110. The summed E-state index contributed by atoms with van der Waals surface area (Å²) in [5.41, 5.74) is -0.321. The van der Waals surface area contributed by atoms with Gasteiger partial charge in [0.2, 0.25) is 21.7 Å². The monoisotopic (exact) mass is 476 g/mol. The van der Waals surface area contributed by atoms with Crippen LogP contribution in [-0.4, -0.2) is 38.3 Å². The van der Waals surface area contributed by atoms with Gasteiger partial charge in [-0.2, -0.15) is 17.5 Å². The van der Waals surface area contributed by atoms with Crippen LogP contribution in [0, 0.1) is 12.3 Å². The van der Waals surface area contributed by atoms with Gasteiger partial charge in [0.15, 0.2) is 0 Å². The molecule has 0 saturated carbocycles. The maximum atomic E-state index is 13.3. The smallest absolute Gasteiger partial charge is 0.450 e. The number of rotatable bonds is 3. The number of halogens is 4. The van der Waals surface area contributed by atoms with Crippen molar-refractivity contribution in [3.05, 3.63) is 46.9 Å². The van der Waals surface area contributed by atoms with Crippen LogP contribution in [0.5, 0.6) is 0 Å². The second-order valence-corrected chi connectivity index (χ2v) is 10.3. The Hall–Kier alpha value is -2.04. The van der Waals surface area contributed by atoms with Crippen LogP contribution in [-0.2, 0) is 21.0 Å². The number of benzene rings is 1. The molecule has 0 N–H and O–H groups in total. The molecule has 31 heavy (non-hydrogen) atoms. The Kier molecular flexibility index (Phi) is 5.38. The molecule has 1 unspecified atom stereocenters. The van der Waals surface area contributed by atoms with Gasteiger partial charge in [-0.25, -0.2) is 8.42 Å². The highest BCUT2D eigenvalue weighted by molar-refractivity contribution is 7.89. The first kappa shape index (κ1) is 22.2. The molecule has 1 amide bonds. The number of carbonyl (C=O) groups excluding carboxylic acids is 1. The number of anilines is 1. The number of piperidine rings is 1. The highest BCUT2D eigenvalue weighted by atomic mass is 35.5. The van der Waals surface area contributed by atoms with Crippen molar-refractivity contribution in [3.63, 3.8) is 0 Å². The lowest BCUT2D eigenvalue weighted by molar-refractivity contribution is -0.156. The van der Waals surface area contributed by atoms with Gasteiger partial charge in [-0.05, 0) is 50.5 Å². The van der Waals surface area contributed by atoms with E-state index in [0.29, 0.717) is 36.5 Å². The lowest BCUT2D eigenvalue weighted by atomic mass is 9.79. The number of furan rings is 1. The molecule has 3 heterocycles. The molecule has 0 radical (unpaired) electrons. The molecule has 2 saturated heterocycles. The zero-order valence-electron chi connectivity index (χ0n) is 16.6. The number of hydrogen-bond donors (Lipinski definition) is 0. The standard InChI is InChI=1S/C20H20ClF3N2O4S/c1-13-11-16(17(30-13)20(22,23)24)31(28,29)25-9-2-7-19(12-25)8-10-26(18(19)27)15-5-3-14(21)4-6-15/h3-6,11H,2,7-10,12H2,1H3. The molecule has 1 aromatic heterocycles. The average molecular weight is 477 g/mol. The number of aryl methyl sites for hydroxylation is 1. The Morgan fingerprint density at radius 2 is 1.81 bits per heavy atom. The van der Waals surface area contributed by atoms with Crippen molar-refractivity contribution in [2.45, 2.75) is 37.3 Å². The number of carbonyl (C=O) groups is 1. The third-order valence-electron chi connectivity index (χ3n) is 5.89. The number of sulfonamides is 1. The van der Waals surface area contributed by atoms with Crippen LogP contribution in [0.25, 0.3) is 0 Å². The minimum atomic E-state index is -4.95. The first-order chi connectivity index (χ1) is 14.4. The first-order valence-corrected chi connectivity index (χ1v) is 11.5. The zero-order chi connectivity index (χ0) is 22.6. The van der Waals surface area contributed by atoms with Crippen molar-refractivity contribution in [2.24, 2.45) is 5.41 Å². The second-order valence-electron chi connectivity index (χ2n) is 7.95. The van der Waals surface area contributed by atoms with Crippen LogP contribution >= 0.6 is 11.6 Å². The largest absolute Gasteiger partial charge is 0.455 e. The summed E-state index contributed by atoms with van der Waals surface area (Å²) in [4.78, 5) is 14.0. The Morgan fingerprint density at radius 1 is 1.13 bits per heavy atom. The van der Waals surface area contributed by atoms with Gasteiger partial charge in [0.25, 0.3) is 0 Å². The summed E-state index contributed by atoms with van der Waals surface area (Å²) in [6, 6.07) is 7.62. The van der Waals surface area contributed by atoms with Gasteiger partial charge in [0.05, 0.1) is 5.41 Å². The molecule has 6 nitrogen and oxygen atoms in total. The number of alkyl halides is 3. The van der Waals surface area contributed by atoms with Crippen LogP contribution in [0.3, 0.4) is 0 Å². The third kappa shape index (κ3) is 3.85. The number of hydrogen-bond acceptors (Lipinski definition) is 4. The molecule has 4 rings (SSSR count). The summed E-state index contributed by atoms with van der Waals surface area (Å²) in [6.45, 7) is 1.53. The Labute approximate surface area is 182 Å². The van der Waals surface area contributed by atoms with E-state index in [1.807, 2.05) is 0 Å². The van der Waals surface area contributed by atoms with Crippen molar-refractivity contribution < 1.29 is 30.8 Å². The fourth-order valence-electron chi connectivity index (χ4n) is 4.38. The molecular formula is C20H20ClF3N2O4S. The molecule has 0 bridgehead atoms. The predicted octanol–water partition coefficient (Wildman–Crippen LogP) is 4.47. The van der Waals surface area contributed by atoms with E-state index >= 15 is 0 Å². The van der Waals surface area contributed by atoms with Crippen LogP contribution in [0.15, 0.2) is 39.6 Å². The van der Waals surface area contributed by atoms with Crippen molar-refractivity contribution in [2.75, 3.05) is 24.5 Å². The molecule has 2 aliphatic rings. The van der Waals surface area contributed by atoms with Crippen LogP contribution in [0.4, 0.5) is 18.9 Å². The minimum absolute atomic E-state index is 0.0415. The van der Waals surface area contributed by atoms with E-state index in [4.69, 9.17) is 11.6 Å². The molecule has 1 atom stereocenters. The fourth-order valence-corrected chi connectivity index (χ4v) is 6.28. The van der Waals surface area contributed by atoms with E-state index in [1.54, 1.807) is 29.2 Å². The fraction of sp³-hybridized carbons (Fsp3) is 0.450. The third-order valence-corrected chi connectivity index (χ3v) is 7.99. The molecule has 11 heteroatoms. The molecule has 168 valence electrons. The summed E-state index contributed by atoms with van der Waals surface area (Å²) >= 11 is 5.91. The summed E-state index contributed by atoms with van der Waals surface area (Å²) < 4.78 is 71.9. The van der Waals surface area contributed by atoms with Crippen molar-refractivity contribution in [1.82, 2.24) is 4.31 Å². The normalized spacial score (nSPS) is 23.1. The lowest BCUT2D eigenvalue weighted by Crippen LogP contribution is -2.50. The van der Waals surface area contributed by atoms with Gasteiger partial charge in [0.1, 0.15) is 10.7 Å². The van der Waals surface area contributed by atoms with Gasteiger partial charge < -0.3 is 9.32 Å². The molecule has 2 aliphatic heterocycles. The van der Waals surface area contributed by atoms with E-state index in [-0.39, 0.29) is 24.8 Å². The van der Waals surface area contributed by atoms with Gasteiger partial charge in [-0.1, -0.05) is 11.6 Å². The summed E-state index contributed by atoms with van der Waals surface area (Å²) in [5, 5.41) is 0.524. The average Bonchev–Trinajstić information content (AvgIpc) is 3.25. The molecular weight excluding hydrogens is 457 g/mol. The van der Waals surface area contributed by atoms with Gasteiger partial charge >= 0.3 is 6.18 Å². The van der Waals surface area contributed by atoms with E-state index in [2.05, 4.69) is 4.42 Å². The molecule has 2 fully saturated rings. The lowest BCUT2D eigenvalue weighted by Gasteiger charge is -2.38. The Balaban J connectivity index is 1.63. The number of amides is 1. The molecule has 2 aromatic rings. The molecule has 0 aliphatic carbocycles. The van der Waals surface area contributed by atoms with Gasteiger partial charge in [-0.15, -0.1) is 0 Å². The maximum absolute atomic E-state index is 13.3. The minimum Gasteiger partial charge on any atom is -0.455 e. The van der Waals surface area contributed by atoms with Crippen molar-refractivity contribution >= 4 is 33.2 Å². The van der Waals surface area contributed by atoms with Crippen LogP contribution < -0.4 is 4.90 Å². The zero-order valence-corrected chi connectivity index (χ0v) is 18.1. The van der Waals surface area contributed by atoms with Crippen LogP contribution in [0.2, 0.25) is 5.02 Å². The Morgan fingerprint density at radius 3 is 2.45 bits per heavy atom. The van der Waals surface area contributed by atoms with Crippen molar-refractivity contribution in [1.29, 1.82) is 0 Å². The molecule has 1 aromatic carbocycles. The van der Waals surface area contributed by atoms with Crippen LogP contribution in [0.1, 0.15) is 30.8 Å². The topological polar surface area (TPSA) is 70.8 Å². The highest BCUT2D eigenvalue weighted by Crippen LogP contribution is 2.44. The van der Waals surface area contributed by atoms with Crippen molar-refractivity contribution in [3.8, 4) is 0 Å². The highest BCUT2D eigenvalue weighted by Gasteiger charge is 2.52. The number of nitrogens with zero attached hydrogens (tertiary/aromatic N) is 2. The van der Waals surface area contributed by atoms with Gasteiger partial charge in [0, 0.05) is 36.4 Å². The quantitative estimate of drug-likeness (QED) is 0.655. The van der Waals surface area contributed by atoms with E-state index in [1.165, 1.54) is 6.92 Å². The second kappa shape index (κ2) is 7.53. The van der Waals surface area contributed by atoms with E-state index < -0.39 is 32.3 Å². The summed E-state index contributed by atoms with van der Waals surface area (Å²) in [5.74, 6) is -1.91. The predicted molar refractivity (Wildman–Crippen MR) is 107 cm³/mol. The summed E-state index contributed by atoms with van der Waals surface area (Å²) in [6.07, 6.45) is -3.69. The van der Waals surface area contributed by atoms with Gasteiger partial charge in [-0.3, -0.25) is 4.79 Å². The van der Waals surface area contributed by atoms with E-state index in [9.17, 15) is 26.4 Å². The summed E-state index contributed by atoms with van der Waals surface area (Å²) in [7, 11) is -4.50. The maximum Gasteiger partial charge on any atom is 0.450 e. The SMILES string of the molecule is Cc1cc(S(=O)(=O)N2CCCC3(CCN(c4ccc(Cl)cc4)C3=O)C2)c(C(F)(F)F)o1.